The van der Waals surface area contributed by atoms with Gasteiger partial charge in [0.25, 0.3) is 0 Å². The third-order valence-corrected chi connectivity index (χ3v) is 4.66. The van der Waals surface area contributed by atoms with Crippen molar-refractivity contribution in [1.82, 2.24) is 5.32 Å². The standard InChI is InChI=1S/C16H23ClN2/c1-11-7-12(2)19(10-11)15-6-3-13(16(17)8-15)9-18-14-4-5-14/h3,6,8,11-12,14,18H,4-5,7,9-10H2,1-2H3. The summed E-state index contributed by atoms with van der Waals surface area (Å²) in [4.78, 5) is 2.48. The molecule has 3 rings (SSSR count). The summed E-state index contributed by atoms with van der Waals surface area (Å²) in [5.41, 5.74) is 2.49. The molecule has 0 bridgehead atoms. The molecule has 1 aliphatic carbocycles. The Morgan fingerprint density at radius 2 is 2.11 bits per heavy atom. The van der Waals surface area contributed by atoms with E-state index in [0.717, 1.165) is 30.1 Å². The topological polar surface area (TPSA) is 15.3 Å². The molecule has 1 N–H and O–H groups in total. The maximum Gasteiger partial charge on any atom is 0.0471 e. The van der Waals surface area contributed by atoms with E-state index < -0.39 is 0 Å². The number of hydrogen-bond acceptors (Lipinski definition) is 2. The van der Waals surface area contributed by atoms with Crippen molar-refractivity contribution in [2.45, 2.75) is 51.7 Å². The lowest BCUT2D eigenvalue weighted by Gasteiger charge is -2.24. The average Bonchev–Trinajstić information content (AvgIpc) is 3.12. The van der Waals surface area contributed by atoms with Gasteiger partial charge in [-0.05, 0) is 49.8 Å². The Bertz CT molecular complexity index is 456. The number of rotatable bonds is 4. The van der Waals surface area contributed by atoms with Crippen LogP contribution in [0.15, 0.2) is 18.2 Å². The largest absolute Gasteiger partial charge is 0.369 e. The Hall–Kier alpha value is -0.730. The molecule has 104 valence electrons. The van der Waals surface area contributed by atoms with E-state index in [1.54, 1.807) is 0 Å². The molecule has 2 nitrogen and oxygen atoms in total. The van der Waals surface area contributed by atoms with Gasteiger partial charge in [0.2, 0.25) is 0 Å². The fraction of sp³-hybridized carbons (Fsp3) is 0.625. The summed E-state index contributed by atoms with van der Waals surface area (Å²) >= 11 is 6.43. The van der Waals surface area contributed by atoms with Crippen molar-refractivity contribution in [1.29, 1.82) is 0 Å². The molecule has 1 aromatic carbocycles. The predicted octanol–water partition coefficient (Wildman–Crippen LogP) is 3.83. The van der Waals surface area contributed by atoms with Crippen LogP contribution >= 0.6 is 11.6 Å². The van der Waals surface area contributed by atoms with Crippen LogP contribution in [0, 0.1) is 5.92 Å². The molecule has 2 aliphatic rings. The summed E-state index contributed by atoms with van der Waals surface area (Å²) in [6.45, 7) is 6.68. The van der Waals surface area contributed by atoms with Crippen LogP contribution in [0.3, 0.4) is 0 Å². The van der Waals surface area contributed by atoms with Gasteiger partial charge in [0.1, 0.15) is 0 Å². The molecule has 0 spiro atoms. The third kappa shape index (κ3) is 3.06. The van der Waals surface area contributed by atoms with Gasteiger partial charge < -0.3 is 10.2 Å². The molecule has 1 aromatic rings. The predicted molar refractivity (Wildman–Crippen MR) is 81.9 cm³/mol. The van der Waals surface area contributed by atoms with E-state index in [1.807, 2.05) is 0 Å². The molecule has 19 heavy (non-hydrogen) atoms. The highest BCUT2D eigenvalue weighted by atomic mass is 35.5. The van der Waals surface area contributed by atoms with Crippen molar-refractivity contribution in [3.63, 3.8) is 0 Å². The van der Waals surface area contributed by atoms with Crippen LogP contribution in [0.4, 0.5) is 5.69 Å². The fourth-order valence-corrected chi connectivity index (χ4v) is 3.30. The molecule has 2 fully saturated rings. The molecule has 1 saturated carbocycles. The van der Waals surface area contributed by atoms with Gasteiger partial charge >= 0.3 is 0 Å². The average molecular weight is 279 g/mol. The first-order valence-corrected chi connectivity index (χ1v) is 7.79. The Labute approximate surface area is 121 Å². The Kier molecular flexibility index (Phi) is 3.72. The minimum absolute atomic E-state index is 0.626. The summed E-state index contributed by atoms with van der Waals surface area (Å²) in [5, 5.41) is 4.42. The molecule has 2 atom stereocenters. The summed E-state index contributed by atoms with van der Waals surface area (Å²) in [5.74, 6) is 0.782. The normalized spacial score (nSPS) is 27.0. The highest BCUT2D eigenvalue weighted by Crippen LogP contribution is 2.31. The lowest BCUT2D eigenvalue weighted by Crippen LogP contribution is -2.26. The van der Waals surface area contributed by atoms with Crippen LogP contribution in [0.2, 0.25) is 5.02 Å². The molecular weight excluding hydrogens is 256 g/mol. The lowest BCUT2D eigenvalue weighted by atomic mass is 10.1. The van der Waals surface area contributed by atoms with Gasteiger partial charge in [-0.15, -0.1) is 0 Å². The number of anilines is 1. The van der Waals surface area contributed by atoms with Crippen molar-refractivity contribution < 1.29 is 0 Å². The Balaban J connectivity index is 1.71. The maximum absolute atomic E-state index is 6.43. The lowest BCUT2D eigenvalue weighted by molar-refractivity contribution is 0.625. The number of halogens is 1. The van der Waals surface area contributed by atoms with Gasteiger partial charge in [-0.3, -0.25) is 0 Å². The van der Waals surface area contributed by atoms with E-state index in [9.17, 15) is 0 Å². The van der Waals surface area contributed by atoms with Crippen molar-refractivity contribution >= 4 is 17.3 Å². The molecule has 2 unspecified atom stereocenters. The van der Waals surface area contributed by atoms with Crippen molar-refractivity contribution in [2.75, 3.05) is 11.4 Å². The van der Waals surface area contributed by atoms with E-state index in [4.69, 9.17) is 11.6 Å². The van der Waals surface area contributed by atoms with Crippen LogP contribution in [0.1, 0.15) is 38.7 Å². The molecule has 1 aliphatic heterocycles. The second-order valence-electron chi connectivity index (χ2n) is 6.27. The SMILES string of the molecule is CC1CC(C)N(c2ccc(CNC3CC3)c(Cl)c2)C1. The number of nitrogens with one attached hydrogen (secondary N) is 1. The van der Waals surface area contributed by atoms with Gasteiger partial charge in [-0.25, -0.2) is 0 Å². The first-order chi connectivity index (χ1) is 9.13. The minimum Gasteiger partial charge on any atom is -0.369 e. The molecule has 0 amide bonds. The molecule has 1 saturated heterocycles. The molecule has 1 heterocycles. The van der Waals surface area contributed by atoms with Crippen molar-refractivity contribution in [3.8, 4) is 0 Å². The van der Waals surface area contributed by atoms with Gasteiger partial charge in [0, 0.05) is 35.9 Å². The Morgan fingerprint density at radius 1 is 1.32 bits per heavy atom. The second-order valence-corrected chi connectivity index (χ2v) is 6.68. The second kappa shape index (κ2) is 5.34. The van der Waals surface area contributed by atoms with Crippen molar-refractivity contribution in [2.24, 2.45) is 5.92 Å². The zero-order chi connectivity index (χ0) is 13.4. The smallest absolute Gasteiger partial charge is 0.0471 e. The van der Waals surface area contributed by atoms with Crippen LogP contribution < -0.4 is 10.2 Å². The Morgan fingerprint density at radius 3 is 2.68 bits per heavy atom. The number of nitrogens with zero attached hydrogens (tertiary/aromatic N) is 1. The summed E-state index contributed by atoms with van der Waals surface area (Å²) in [7, 11) is 0. The third-order valence-electron chi connectivity index (χ3n) is 4.31. The van der Waals surface area contributed by atoms with E-state index in [1.165, 1.54) is 30.5 Å². The molecule has 3 heteroatoms. The van der Waals surface area contributed by atoms with E-state index in [-0.39, 0.29) is 0 Å². The van der Waals surface area contributed by atoms with Gasteiger partial charge in [-0.1, -0.05) is 24.6 Å². The quantitative estimate of drug-likeness (QED) is 0.901. The fourth-order valence-electron chi connectivity index (χ4n) is 3.06. The number of benzene rings is 1. The van der Waals surface area contributed by atoms with Gasteiger partial charge in [-0.2, -0.15) is 0 Å². The monoisotopic (exact) mass is 278 g/mol. The van der Waals surface area contributed by atoms with Crippen LogP contribution in [0.5, 0.6) is 0 Å². The molecular formula is C16H23ClN2. The van der Waals surface area contributed by atoms with E-state index >= 15 is 0 Å². The van der Waals surface area contributed by atoms with E-state index in [0.29, 0.717) is 6.04 Å². The van der Waals surface area contributed by atoms with Gasteiger partial charge in [0.15, 0.2) is 0 Å². The highest BCUT2D eigenvalue weighted by Gasteiger charge is 2.26. The van der Waals surface area contributed by atoms with Gasteiger partial charge in [0.05, 0.1) is 0 Å². The van der Waals surface area contributed by atoms with E-state index in [2.05, 4.69) is 42.3 Å². The first kappa shape index (κ1) is 13.3. The number of hydrogen-bond donors (Lipinski definition) is 1. The van der Waals surface area contributed by atoms with Crippen LogP contribution in [-0.2, 0) is 6.54 Å². The summed E-state index contributed by atoms with van der Waals surface area (Å²) < 4.78 is 0. The van der Waals surface area contributed by atoms with Crippen molar-refractivity contribution in [3.05, 3.63) is 28.8 Å². The summed E-state index contributed by atoms with van der Waals surface area (Å²) in [6, 6.07) is 7.91. The van der Waals surface area contributed by atoms with Crippen LogP contribution in [0.25, 0.3) is 0 Å². The first-order valence-electron chi connectivity index (χ1n) is 7.42. The highest BCUT2D eigenvalue weighted by molar-refractivity contribution is 6.31. The summed E-state index contributed by atoms with van der Waals surface area (Å²) in [6.07, 6.45) is 3.92. The zero-order valence-corrected chi connectivity index (χ0v) is 12.6. The zero-order valence-electron chi connectivity index (χ0n) is 11.8. The molecule has 0 aromatic heterocycles. The van der Waals surface area contributed by atoms with Crippen LogP contribution in [-0.4, -0.2) is 18.6 Å². The maximum atomic E-state index is 6.43. The minimum atomic E-state index is 0.626. The molecule has 0 radical (unpaired) electrons.